The maximum absolute atomic E-state index is 13.2. The first kappa shape index (κ1) is 27.0. The van der Waals surface area contributed by atoms with Crippen molar-refractivity contribution in [2.24, 2.45) is 11.5 Å². The Kier molecular flexibility index (Phi) is 9.59. The lowest BCUT2D eigenvalue weighted by Crippen LogP contribution is -2.53. The van der Waals surface area contributed by atoms with Gasteiger partial charge in [-0.2, -0.15) is 0 Å². The highest BCUT2D eigenvalue weighted by Crippen LogP contribution is 2.22. The Morgan fingerprint density at radius 1 is 1.12 bits per heavy atom. The maximum atomic E-state index is 13.2. The van der Waals surface area contributed by atoms with E-state index in [9.17, 15) is 23.1 Å². The van der Waals surface area contributed by atoms with Crippen molar-refractivity contribution in [2.75, 3.05) is 18.6 Å². The van der Waals surface area contributed by atoms with Gasteiger partial charge in [0.1, 0.15) is 15.6 Å². The fourth-order valence-corrected chi connectivity index (χ4v) is 5.09. The predicted molar refractivity (Wildman–Crippen MR) is 131 cm³/mol. The first-order chi connectivity index (χ1) is 15.4. The summed E-state index contributed by atoms with van der Waals surface area (Å²) in [6, 6.07) is 5.02. The van der Waals surface area contributed by atoms with Crippen LogP contribution < -0.4 is 11.5 Å². The summed E-state index contributed by atoms with van der Waals surface area (Å²) < 4.78 is 23.0. The van der Waals surface area contributed by atoms with Crippen LogP contribution in [0, 0.1) is 13.8 Å². The van der Waals surface area contributed by atoms with Crippen LogP contribution in [0.15, 0.2) is 29.6 Å². The van der Waals surface area contributed by atoms with Crippen LogP contribution in [0.2, 0.25) is 0 Å². The smallest absolute Gasteiger partial charge is 0.246 e. The number of thiophene rings is 1. The van der Waals surface area contributed by atoms with Crippen LogP contribution in [0.5, 0.6) is 5.75 Å². The number of aromatic hydroxyl groups is 1. The van der Waals surface area contributed by atoms with Gasteiger partial charge in [0, 0.05) is 17.7 Å². The highest BCUT2D eigenvalue weighted by atomic mass is 32.2. The lowest BCUT2D eigenvalue weighted by atomic mass is 9.95. The SMILES string of the molecule is Cc1cc(O)cc(C)c1C[C@H](N)C(=O)N(CCCc1cccs1)C(=O)C(N)CCS(C)(=O)=O. The summed E-state index contributed by atoms with van der Waals surface area (Å²) in [6.07, 6.45) is 2.44. The first-order valence-corrected chi connectivity index (χ1v) is 13.7. The van der Waals surface area contributed by atoms with Crippen LogP contribution in [0.4, 0.5) is 0 Å². The lowest BCUT2D eigenvalue weighted by molar-refractivity contribution is -0.146. The quantitative estimate of drug-likeness (QED) is 0.430. The van der Waals surface area contributed by atoms with Gasteiger partial charge in [-0.1, -0.05) is 6.07 Å². The number of amides is 2. The highest BCUT2D eigenvalue weighted by molar-refractivity contribution is 7.90. The van der Waals surface area contributed by atoms with Crippen LogP contribution in [0.25, 0.3) is 0 Å². The summed E-state index contributed by atoms with van der Waals surface area (Å²) in [5, 5.41) is 11.7. The number of nitrogens with two attached hydrogens (primary N) is 2. The zero-order chi connectivity index (χ0) is 24.8. The molecule has 0 bridgehead atoms. The van der Waals surface area contributed by atoms with Gasteiger partial charge in [-0.25, -0.2) is 8.42 Å². The van der Waals surface area contributed by atoms with Gasteiger partial charge in [-0.15, -0.1) is 11.3 Å². The number of carbonyl (C=O) groups is 2. The summed E-state index contributed by atoms with van der Waals surface area (Å²) in [4.78, 5) is 28.5. The Balaban J connectivity index is 2.17. The minimum Gasteiger partial charge on any atom is -0.508 e. The number of hydrogen-bond donors (Lipinski definition) is 3. The summed E-state index contributed by atoms with van der Waals surface area (Å²) in [6.45, 7) is 3.79. The molecule has 0 aliphatic heterocycles. The average molecular weight is 496 g/mol. The van der Waals surface area contributed by atoms with Crippen LogP contribution in [-0.2, 0) is 32.3 Å². The van der Waals surface area contributed by atoms with Crippen molar-refractivity contribution in [2.45, 2.75) is 51.6 Å². The Morgan fingerprint density at radius 2 is 1.73 bits per heavy atom. The van der Waals surface area contributed by atoms with E-state index in [1.807, 2.05) is 31.4 Å². The number of sulfone groups is 1. The van der Waals surface area contributed by atoms with E-state index in [1.165, 1.54) is 0 Å². The molecule has 182 valence electrons. The molecule has 1 unspecified atom stereocenters. The molecular weight excluding hydrogens is 462 g/mol. The minimum atomic E-state index is -3.29. The van der Waals surface area contributed by atoms with E-state index in [0.717, 1.165) is 32.7 Å². The average Bonchev–Trinajstić information content (AvgIpc) is 3.24. The number of imide groups is 1. The lowest BCUT2D eigenvalue weighted by Gasteiger charge is -2.27. The van der Waals surface area contributed by atoms with Crippen molar-refractivity contribution in [3.05, 3.63) is 51.2 Å². The standard InChI is InChI=1S/C23H33N3O5S2/c1-15-12-17(27)13-16(2)19(15)14-21(25)23(29)26(9-4-6-18-7-5-10-32-18)22(28)20(24)8-11-33(3,30)31/h5,7,10,12-13,20-21,27H,4,6,8-9,11,14,24-25H2,1-3H3/t20?,21-/m0/s1. The maximum Gasteiger partial charge on any atom is 0.246 e. The molecule has 2 amide bonds. The van der Waals surface area contributed by atoms with E-state index in [-0.39, 0.29) is 30.9 Å². The molecule has 0 fully saturated rings. The van der Waals surface area contributed by atoms with Crippen molar-refractivity contribution < 1.29 is 23.1 Å². The molecule has 2 atom stereocenters. The zero-order valence-corrected chi connectivity index (χ0v) is 20.9. The minimum absolute atomic E-state index is 0.0716. The molecule has 1 aromatic heterocycles. The van der Waals surface area contributed by atoms with Crippen LogP contribution in [-0.4, -0.2) is 60.9 Å². The fourth-order valence-electron chi connectivity index (χ4n) is 3.66. The van der Waals surface area contributed by atoms with Crippen LogP contribution in [0.3, 0.4) is 0 Å². The van der Waals surface area contributed by atoms with Gasteiger partial charge < -0.3 is 16.6 Å². The number of hydrogen-bond acceptors (Lipinski definition) is 8. The number of rotatable bonds is 11. The Labute approximate surface area is 199 Å². The molecule has 0 aliphatic carbocycles. The van der Waals surface area contributed by atoms with E-state index in [4.69, 9.17) is 11.5 Å². The molecule has 10 heteroatoms. The number of phenolic OH excluding ortho intramolecular Hbond substituents is 1. The number of carbonyl (C=O) groups excluding carboxylic acids is 2. The second-order valence-electron chi connectivity index (χ2n) is 8.40. The second kappa shape index (κ2) is 11.7. The van der Waals surface area contributed by atoms with Gasteiger partial charge in [0.25, 0.3) is 0 Å². The highest BCUT2D eigenvalue weighted by Gasteiger charge is 2.30. The molecule has 1 heterocycles. The van der Waals surface area contributed by atoms with Gasteiger partial charge in [0.2, 0.25) is 11.8 Å². The number of aryl methyl sites for hydroxylation is 3. The topological polar surface area (TPSA) is 144 Å². The Hall–Kier alpha value is -2.27. The van der Waals surface area contributed by atoms with Crippen molar-refractivity contribution in [3.63, 3.8) is 0 Å². The van der Waals surface area contributed by atoms with E-state index < -0.39 is 33.7 Å². The predicted octanol–water partition coefficient (Wildman–Crippen LogP) is 1.69. The van der Waals surface area contributed by atoms with E-state index in [1.54, 1.807) is 23.5 Å². The molecule has 5 N–H and O–H groups in total. The third-order valence-electron chi connectivity index (χ3n) is 5.46. The van der Waals surface area contributed by atoms with Crippen LogP contribution in [0.1, 0.15) is 34.4 Å². The Bertz CT molecular complexity index is 1040. The van der Waals surface area contributed by atoms with Crippen molar-refractivity contribution in [1.82, 2.24) is 4.90 Å². The number of benzene rings is 1. The largest absolute Gasteiger partial charge is 0.508 e. The second-order valence-corrected chi connectivity index (χ2v) is 11.7. The number of phenols is 1. The summed E-state index contributed by atoms with van der Waals surface area (Å²) in [5.74, 6) is -1.28. The van der Waals surface area contributed by atoms with Gasteiger partial charge >= 0.3 is 0 Å². The normalized spacial score (nSPS) is 13.5. The third-order valence-corrected chi connectivity index (χ3v) is 7.37. The molecule has 1 aromatic carbocycles. The van der Waals surface area contributed by atoms with Gasteiger partial charge in [-0.3, -0.25) is 14.5 Å². The summed E-state index contributed by atoms with van der Waals surface area (Å²) in [7, 11) is -3.29. The number of nitrogens with zero attached hydrogens (tertiary/aromatic N) is 1. The van der Waals surface area contributed by atoms with Crippen molar-refractivity contribution in [3.8, 4) is 5.75 Å². The van der Waals surface area contributed by atoms with E-state index >= 15 is 0 Å². The zero-order valence-electron chi connectivity index (χ0n) is 19.3. The molecule has 0 saturated heterocycles. The Morgan fingerprint density at radius 3 is 2.27 bits per heavy atom. The van der Waals surface area contributed by atoms with Crippen LogP contribution >= 0.6 is 11.3 Å². The van der Waals surface area contributed by atoms with Crippen molar-refractivity contribution in [1.29, 1.82) is 0 Å². The molecule has 0 aliphatic rings. The summed E-state index contributed by atoms with van der Waals surface area (Å²) >= 11 is 1.60. The fraction of sp³-hybridized carbons (Fsp3) is 0.478. The molecular formula is C23H33N3O5S2. The van der Waals surface area contributed by atoms with Gasteiger partial charge in [-0.05, 0) is 79.8 Å². The molecule has 0 radical (unpaired) electrons. The van der Waals surface area contributed by atoms with Gasteiger partial charge in [0.05, 0.1) is 17.8 Å². The van der Waals surface area contributed by atoms with E-state index in [2.05, 4.69) is 0 Å². The molecule has 33 heavy (non-hydrogen) atoms. The molecule has 0 saturated carbocycles. The molecule has 8 nitrogen and oxygen atoms in total. The first-order valence-electron chi connectivity index (χ1n) is 10.7. The monoisotopic (exact) mass is 495 g/mol. The third kappa shape index (κ3) is 8.22. The summed E-state index contributed by atoms with van der Waals surface area (Å²) in [5.41, 5.74) is 14.6. The molecule has 0 spiro atoms. The van der Waals surface area contributed by atoms with E-state index in [0.29, 0.717) is 12.8 Å². The molecule has 2 aromatic rings. The van der Waals surface area contributed by atoms with Crippen molar-refractivity contribution >= 4 is 33.0 Å². The molecule has 2 rings (SSSR count). The van der Waals surface area contributed by atoms with Gasteiger partial charge in [0.15, 0.2) is 0 Å².